The number of aliphatic hydroxyl groups excluding tert-OH is 1. The molecule has 0 aliphatic carbocycles. The summed E-state index contributed by atoms with van der Waals surface area (Å²) in [6.45, 7) is 2.19. The zero-order chi connectivity index (χ0) is 13.0. The van der Waals surface area contributed by atoms with E-state index in [-0.39, 0.29) is 18.3 Å². The van der Waals surface area contributed by atoms with Crippen LogP contribution in [-0.2, 0) is 16.0 Å². The maximum Gasteiger partial charge on any atom is 0.308 e. The highest BCUT2D eigenvalue weighted by molar-refractivity contribution is 5.73. The first kappa shape index (κ1) is 13.1. The number of aliphatic hydroxyl groups is 1. The van der Waals surface area contributed by atoms with E-state index in [2.05, 4.69) is 19.1 Å². The number of unbranched alkanes of at least 4 members (excludes halogenated alkanes) is 2. The number of aryl methyl sites for hydroxylation is 1. The first-order valence-corrected chi connectivity index (χ1v) is 6.67. The van der Waals surface area contributed by atoms with Gasteiger partial charge in [0.2, 0.25) is 6.29 Å². The van der Waals surface area contributed by atoms with Crippen LogP contribution in [0.5, 0.6) is 0 Å². The summed E-state index contributed by atoms with van der Waals surface area (Å²) in [5, 5.41) is 9.67. The molecule has 2 atom stereocenters. The van der Waals surface area contributed by atoms with E-state index in [0.29, 0.717) is 0 Å². The molecule has 1 fully saturated rings. The Morgan fingerprint density at radius 2 is 2.22 bits per heavy atom. The summed E-state index contributed by atoms with van der Waals surface area (Å²) in [6, 6.07) is 8.14. The molecule has 0 radical (unpaired) electrons. The molecule has 2 unspecified atom stereocenters. The minimum absolute atomic E-state index is 0.205. The Labute approximate surface area is 108 Å². The number of hydrogen-bond acceptors (Lipinski definition) is 3. The largest absolute Gasteiger partial charge is 0.435 e. The van der Waals surface area contributed by atoms with Crippen molar-refractivity contribution < 1.29 is 14.6 Å². The van der Waals surface area contributed by atoms with Crippen LogP contribution in [0.3, 0.4) is 0 Å². The van der Waals surface area contributed by atoms with Gasteiger partial charge in [-0.15, -0.1) is 0 Å². The van der Waals surface area contributed by atoms with Crippen LogP contribution in [0.4, 0.5) is 0 Å². The summed E-state index contributed by atoms with van der Waals surface area (Å²) in [5.41, 5.74) is 2.27. The average Bonchev–Trinajstić information content (AvgIpc) is 2.69. The molecule has 0 spiro atoms. The molecule has 0 saturated carbocycles. The van der Waals surface area contributed by atoms with E-state index in [0.717, 1.165) is 12.0 Å². The Morgan fingerprint density at radius 1 is 1.39 bits per heavy atom. The summed E-state index contributed by atoms with van der Waals surface area (Å²) in [7, 11) is 0. The molecule has 1 N–H and O–H groups in total. The SMILES string of the molecule is CCCCCc1cccc(C2CC(=O)OC2O)c1. The van der Waals surface area contributed by atoms with Gasteiger partial charge in [0.15, 0.2) is 0 Å². The summed E-state index contributed by atoms with van der Waals surface area (Å²) < 4.78 is 4.78. The summed E-state index contributed by atoms with van der Waals surface area (Å²) in [4.78, 5) is 11.2. The predicted octanol–water partition coefficient (Wildman–Crippen LogP) is 2.77. The highest BCUT2D eigenvalue weighted by Gasteiger charge is 2.34. The minimum atomic E-state index is -0.983. The minimum Gasteiger partial charge on any atom is -0.435 e. The Kier molecular flexibility index (Phi) is 4.37. The number of carbonyl (C=O) groups is 1. The van der Waals surface area contributed by atoms with Crippen molar-refractivity contribution >= 4 is 5.97 Å². The van der Waals surface area contributed by atoms with Gasteiger partial charge >= 0.3 is 5.97 Å². The fourth-order valence-electron chi connectivity index (χ4n) is 2.39. The van der Waals surface area contributed by atoms with E-state index in [9.17, 15) is 9.90 Å². The molecule has 3 nitrogen and oxygen atoms in total. The van der Waals surface area contributed by atoms with Crippen LogP contribution in [0.25, 0.3) is 0 Å². The van der Waals surface area contributed by atoms with Crippen LogP contribution in [0, 0.1) is 0 Å². The Balaban J connectivity index is 2.05. The van der Waals surface area contributed by atoms with E-state index in [1.165, 1.54) is 24.8 Å². The second kappa shape index (κ2) is 6.01. The smallest absolute Gasteiger partial charge is 0.308 e. The second-order valence-corrected chi connectivity index (χ2v) is 4.89. The molecule has 3 heteroatoms. The quantitative estimate of drug-likeness (QED) is 0.644. The van der Waals surface area contributed by atoms with Crippen molar-refractivity contribution in [3.63, 3.8) is 0 Å². The van der Waals surface area contributed by atoms with Crippen LogP contribution in [-0.4, -0.2) is 17.4 Å². The number of ether oxygens (including phenoxy) is 1. The first-order chi connectivity index (χ1) is 8.70. The molecule has 1 saturated heterocycles. The van der Waals surface area contributed by atoms with Gasteiger partial charge in [-0.25, -0.2) is 0 Å². The fourth-order valence-corrected chi connectivity index (χ4v) is 2.39. The van der Waals surface area contributed by atoms with Crippen LogP contribution in [0.2, 0.25) is 0 Å². The molecule has 0 bridgehead atoms. The van der Waals surface area contributed by atoms with Crippen molar-refractivity contribution in [3.05, 3.63) is 35.4 Å². The van der Waals surface area contributed by atoms with Gasteiger partial charge in [0, 0.05) is 0 Å². The van der Waals surface area contributed by atoms with Crippen molar-refractivity contribution in [2.75, 3.05) is 0 Å². The zero-order valence-electron chi connectivity index (χ0n) is 10.8. The van der Waals surface area contributed by atoms with Crippen LogP contribution >= 0.6 is 0 Å². The highest BCUT2D eigenvalue weighted by Crippen LogP contribution is 2.31. The lowest BCUT2D eigenvalue weighted by atomic mass is 9.94. The second-order valence-electron chi connectivity index (χ2n) is 4.89. The maximum atomic E-state index is 11.2. The van der Waals surface area contributed by atoms with E-state index >= 15 is 0 Å². The normalized spacial score (nSPS) is 23.1. The highest BCUT2D eigenvalue weighted by atomic mass is 16.6. The number of carbonyl (C=O) groups excluding carboxylic acids is 1. The molecular formula is C15H20O3. The van der Waals surface area contributed by atoms with Gasteiger partial charge in [-0.05, 0) is 24.0 Å². The fraction of sp³-hybridized carbons (Fsp3) is 0.533. The van der Waals surface area contributed by atoms with E-state index < -0.39 is 6.29 Å². The summed E-state index contributed by atoms with van der Waals surface area (Å²) in [6.07, 6.45) is 3.98. The zero-order valence-corrected chi connectivity index (χ0v) is 10.8. The molecule has 0 aromatic heterocycles. The number of rotatable bonds is 5. The van der Waals surface area contributed by atoms with E-state index in [1.807, 2.05) is 12.1 Å². The molecule has 98 valence electrons. The maximum absolute atomic E-state index is 11.2. The number of hydrogen-bond donors (Lipinski definition) is 1. The molecule has 18 heavy (non-hydrogen) atoms. The van der Waals surface area contributed by atoms with Gasteiger partial charge in [0.1, 0.15) is 0 Å². The Hall–Kier alpha value is -1.35. The van der Waals surface area contributed by atoms with Gasteiger partial charge in [-0.1, -0.05) is 44.0 Å². The van der Waals surface area contributed by atoms with Crippen LogP contribution < -0.4 is 0 Å². The monoisotopic (exact) mass is 248 g/mol. The average molecular weight is 248 g/mol. The predicted molar refractivity (Wildman–Crippen MR) is 69.1 cm³/mol. The van der Waals surface area contributed by atoms with Gasteiger partial charge in [-0.3, -0.25) is 4.79 Å². The first-order valence-electron chi connectivity index (χ1n) is 6.67. The molecule has 0 amide bonds. The van der Waals surface area contributed by atoms with Crippen molar-refractivity contribution in [1.29, 1.82) is 0 Å². The van der Waals surface area contributed by atoms with Crippen molar-refractivity contribution in [2.45, 2.75) is 51.2 Å². The molecule has 1 aliphatic rings. The number of esters is 1. The van der Waals surface area contributed by atoms with Crippen LogP contribution in [0.1, 0.15) is 49.7 Å². The topological polar surface area (TPSA) is 46.5 Å². The molecule has 1 aliphatic heterocycles. The lowest BCUT2D eigenvalue weighted by Crippen LogP contribution is -2.13. The molecule has 1 heterocycles. The van der Waals surface area contributed by atoms with Crippen molar-refractivity contribution in [3.8, 4) is 0 Å². The van der Waals surface area contributed by atoms with Gasteiger partial charge in [0.05, 0.1) is 12.3 Å². The third kappa shape index (κ3) is 3.10. The third-order valence-corrected chi connectivity index (χ3v) is 3.43. The van der Waals surface area contributed by atoms with Crippen molar-refractivity contribution in [2.24, 2.45) is 0 Å². The summed E-state index contributed by atoms with van der Waals surface area (Å²) in [5.74, 6) is -0.521. The van der Waals surface area contributed by atoms with E-state index in [4.69, 9.17) is 4.74 Å². The number of cyclic esters (lactones) is 1. The molecular weight excluding hydrogens is 228 g/mol. The number of benzene rings is 1. The third-order valence-electron chi connectivity index (χ3n) is 3.43. The lowest BCUT2D eigenvalue weighted by Gasteiger charge is -2.13. The van der Waals surface area contributed by atoms with Crippen molar-refractivity contribution in [1.82, 2.24) is 0 Å². The summed E-state index contributed by atoms with van der Waals surface area (Å²) >= 11 is 0. The van der Waals surface area contributed by atoms with Gasteiger partial charge in [0.25, 0.3) is 0 Å². The lowest BCUT2D eigenvalue weighted by molar-refractivity contribution is -0.154. The van der Waals surface area contributed by atoms with E-state index in [1.54, 1.807) is 0 Å². The molecule has 1 aromatic rings. The Morgan fingerprint density at radius 3 is 2.89 bits per heavy atom. The van der Waals surface area contributed by atoms with Crippen LogP contribution in [0.15, 0.2) is 24.3 Å². The Bertz CT molecular complexity index is 414. The molecule has 1 aromatic carbocycles. The molecule has 2 rings (SSSR count). The van der Waals surface area contributed by atoms with Gasteiger partial charge in [-0.2, -0.15) is 0 Å². The standard InChI is InChI=1S/C15H20O3/c1-2-3-4-6-11-7-5-8-12(9-11)13-10-14(16)18-15(13)17/h5,7-9,13,15,17H,2-4,6,10H2,1H3. The van der Waals surface area contributed by atoms with Gasteiger partial charge < -0.3 is 9.84 Å².